The topological polar surface area (TPSA) is 95.9 Å². The molecule has 0 aliphatic heterocycles. The summed E-state index contributed by atoms with van der Waals surface area (Å²) in [6, 6.07) is -0.693. The number of amides is 1. The maximum Gasteiger partial charge on any atom is 0.306 e. The van der Waals surface area contributed by atoms with Crippen LogP contribution in [0.25, 0.3) is 0 Å². The highest BCUT2D eigenvalue weighted by molar-refractivity contribution is 5.77. The van der Waals surface area contributed by atoms with Crippen LogP contribution in [0.4, 0.5) is 0 Å². The van der Waals surface area contributed by atoms with Gasteiger partial charge in [-0.25, -0.2) is 0 Å². The summed E-state index contributed by atoms with van der Waals surface area (Å²) in [5.74, 6) is -0.444. The molecule has 388 valence electrons. The van der Waals surface area contributed by atoms with Crippen molar-refractivity contribution in [1.29, 1.82) is 0 Å². The molecule has 0 aromatic rings. The number of carbonyl (C=O) groups excluding carboxylic acids is 2. The average Bonchev–Trinajstić information content (AvgIpc) is 3.30. The number of hydrogen-bond donors (Lipinski definition) is 3. The number of ether oxygens (including phenoxy) is 1. The number of rotatable bonds is 55. The molecule has 3 unspecified atom stereocenters. The predicted molar refractivity (Wildman–Crippen MR) is 283 cm³/mol. The summed E-state index contributed by atoms with van der Waals surface area (Å²) >= 11 is 0. The van der Waals surface area contributed by atoms with E-state index in [1.54, 1.807) is 0 Å². The zero-order valence-corrected chi connectivity index (χ0v) is 44.4. The molecule has 3 N–H and O–H groups in total. The molecule has 0 aromatic carbocycles. The second-order valence-electron chi connectivity index (χ2n) is 20.8. The van der Waals surface area contributed by atoms with Crippen molar-refractivity contribution in [2.75, 3.05) is 6.61 Å². The van der Waals surface area contributed by atoms with Gasteiger partial charge in [0.05, 0.1) is 25.2 Å². The number of nitrogens with one attached hydrogen (secondary N) is 1. The molecule has 6 heteroatoms. The SMILES string of the molecule is CCCCCCCCCCCCCCCCCCCC(=O)OC(CCCCCCCCCCCCCC)CC(=O)NC(CO)C(O)CCCCCCCCCCCCCCCCCCC. The van der Waals surface area contributed by atoms with Crippen LogP contribution < -0.4 is 5.32 Å². The van der Waals surface area contributed by atoms with Gasteiger partial charge in [-0.2, -0.15) is 0 Å². The van der Waals surface area contributed by atoms with Crippen molar-refractivity contribution < 1.29 is 24.5 Å². The maximum atomic E-state index is 13.3. The van der Waals surface area contributed by atoms with Crippen LogP contribution >= 0.6 is 0 Å². The fourth-order valence-electron chi connectivity index (χ4n) is 9.67. The molecule has 0 aliphatic carbocycles. The zero-order chi connectivity index (χ0) is 47.4. The van der Waals surface area contributed by atoms with Gasteiger partial charge in [0.25, 0.3) is 0 Å². The van der Waals surface area contributed by atoms with Crippen molar-refractivity contribution in [1.82, 2.24) is 5.32 Å². The van der Waals surface area contributed by atoms with E-state index in [9.17, 15) is 19.8 Å². The van der Waals surface area contributed by atoms with Crippen LogP contribution in [0, 0.1) is 0 Å². The van der Waals surface area contributed by atoms with Gasteiger partial charge in [0.1, 0.15) is 6.10 Å². The van der Waals surface area contributed by atoms with E-state index in [2.05, 4.69) is 26.1 Å². The Morgan fingerprint density at radius 1 is 0.385 bits per heavy atom. The fraction of sp³-hybridized carbons (Fsp3) is 0.966. The molecule has 0 bridgehead atoms. The Balaban J connectivity index is 4.41. The molecule has 1 amide bonds. The number of unbranched alkanes of at least 4 members (excludes halogenated alkanes) is 43. The molecule has 0 fully saturated rings. The normalized spacial score (nSPS) is 13.0. The summed E-state index contributed by atoms with van der Waals surface area (Å²) in [5.41, 5.74) is 0. The minimum absolute atomic E-state index is 0.0885. The van der Waals surface area contributed by atoms with Crippen LogP contribution in [0.5, 0.6) is 0 Å². The average molecular weight is 921 g/mol. The molecule has 6 nitrogen and oxygen atoms in total. The van der Waals surface area contributed by atoms with Gasteiger partial charge in [0.2, 0.25) is 5.91 Å². The summed E-state index contributed by atoms with van der Waals surface area (Å²) in [7, 11) is 0. The molecule has 3 atom stereocenters. The van der Waals surface area contributed by atoms with Crippen molar-refractivity contribution in [3.63, 3.8) is 0 Å². The van der Waals surface area contributed by atoms with Gasteiger partial charge in [-0.05, 0) is 25.7 Å². The molecule has 0 saturated heterocycles. The third kappa shape index (κ3) is 49.1. The van der Waals surface area contributed by atoms with Crippen LogP contribution in [0.1, 0.15) is 342 Å². The lowest BCUT2D eigenvalue weighted by Crippen LogP contribution is -2.46. The van der Waals surface area contributed by atoms with E-state index in [0.717, 1.165) is 38.5 Å². The van der Waals surface area contributed by atoms with Crippen LogP contribution in [0.15, 0.2) is 0 Å². The molecule has 0 radical (unpaired) electrons. The third-order valence-electron chi connectivity index (χ3n) is 14.2. The summed E-state index contributed by atoms with van der Waals surface area (Å²) in [6.45, 7) is 6.54. The van der Waals surface area contributed by atoms with Gasteiger partial charge >= 0.3 is 5.97 Å². The third-order valence-corrected chi connectivity index (χ3v) is 14.2. The first kappa shape index (κ1) is 63.9. The zero-order valence-electron chi connectivity index (χ0n) is 44.4. The van der Waals surface area contributed by atoms with Gasteiger partial charge in [0.15, 0.2) is 0 Å². The highest BCUT2D eigenvalue weighted by atomic mass is 16.5. The molecule has 0 spiro atoms. The smallest absolute Gasteiger partial charge is 0.306 e. The predicted octanol–water partition coefficient (Wildman–Crippen LogP) is 18.3. The molecule has 0 heterocycles. The summed E-state index contributed by atoms with van der Waals surface area (Å²) < 4.78 is 5.97. The van der Waals surface area contributed by atoms with Crippen LogP contribution in [-0.4, -0.2) is 46.9 Å². The molecule has 0 rings (SSSR count). The lowest BCUT2D eigenvalue weighted by Gasteiger charge is -2.24. The summed E-state index contributed by atoms with van der Waals surface area (Å²) in [4.78, 5) is 26.3. The molecule has 0 saturated carbocycles. The Kier molecular flexibility index (Phi) is 52.9. The second-order valence-corrected chi connectivity index (χ2v) is 20.8. The van der Waals surface area contributed by atoms with Crippen LogP contribution in [0.3, 0.4) is 0 Å². The van der Waals surface area contributed by atoms with E-state index in [-0.39, 0.29) is 24.9 Å². The summed E-state index contributed by atoms with van der Waals surface area (Å²) in [6.07, 6.45) is 60.3. The van der Waals surface area contributed by atoms with E-state index in [4.69, 9.17) is 4.74 Å². The number of esters is 1. The Morgan fingerprint density at radius 3 is 0.938 bits per heavy atom. The Bertz CT molecular complexity index is 944. The van der Waals surface area contributed by atoms with E-state index in [1.165, 1.54) is 257 Å². The monoisotopic (exact) mass is 920 g/mol. The lowest BCUT2D eigenvalue weighted by atomic mass is 10.0. The van der Waals surface area contributed by atoms with Gasteiger partial charge < -0.3 is 20.3 Å². The van der Waals surface area contributed by atoms with Gasteiger partial charge in [-0.3, -0.25) is 9.59 Å². The molecule has 65 heavy (non-hydrogen) atoms. The van der Waals surface area contributed by atoms with Crippen LogP contribution in [-0.2, 0) is 14.3 Å². The van der Waals surface area contributed by atoms with Crippen molar-refractivity contribution in [3.8, 4) is 0 Å². The minimum atomic E-state index is -0.780. The highest BCUT2D eigenvalue weighted by Gasteiger charge is 2.24. The molecule has 0 aromatic heterocycles. The van der Waals surface area contributed by atoms with Crippen molar-refractivity contribution in [2.45, 2.75) is 360 Å². The first-order chi connectivity index (χ1) is 32.0. The van der Waals surface area contributed by atoms with Crippen LogP contribution in [0.2, 0.25) is 0 Å². The van der Waals surface area contributed by atoms with Crippen molar-refractivity contribution in [3.05, 3.63) is 0 Å². The Hall–Kier alpha value is -1.14. The first-order valence-corrected chi connectivity index (χ1v) is 29.8. The summed E-state index contributed by atoms with van der Waals surface area (Å²) in [5, 5.41) is 23.9. The molecule has 0 aliphatic rings. The number of carbonyl (C=O) groups is 2. The van der Waals surface area contributed by atoms with Crippen molar-refractivity contribution >= 4 is 11.9 Å². The van der Waals surface area contributed by atoms with Gasteiger partial charge in [-0.15, -0.1) is 0 Å². The Labute approximate surface area is 406 Å². The van der Waals surface area contributed by atoms with Gasteiger partial charge in [0, 0.05) is 6.42 Å². The largest absolute Gasteiger partial charge is 0.462 e. The fourth-order valence-corrected chi connectivity index (χ4v) is 9.67. The van der Waals surface area contributed by atoms with Crippen molar-refractivity contribution in [2.24, 2.45) is 0 Å². The number of aliphatic hydroxyl groups is 2. The number of hydrogen-bond acceptors (Lipinski definition) is 5. The Morgan fingerprint density at radius 2 is 0.646 bits per heavy atom. The molecular weight excluding hydrogens is 803 g/mol. The minimum Gasteiger partial charge on any atom is -0.462 e. The highest BCUT2D eigenvalue weighted by Crippen LogP contribution is 2.19. The first-order valence-electron chi connectivity index (χ1n) is 29.8. The molecular formula is C59H117NO5. The van der Waals surface area contributed by atoms with E-state index < -0.39 is 18.2 Å². The van der Waals surface area contributed by atoms with Gasteiger partial charge in [-0.1, -0.05) is 303 Å². The van der Waals surface area contributed by atoms with E-state index in [1.807, 2.05) is 0 Å². The second kappa shape index (κ2) is 53.8. The van der Waals surface area contributed by atoms with E-state index >= 15 is 0 Å². The lowest BCUT2D eigenvalue weighted by molar-refractivity contribution is -0.151. The van der Waals surface area contributed by atoms with E-state index in [0.29, 0.717) is 19.3 Å². The number of aliphatic hydroxyl groups excluding tert-OH is 2. The maximum absolute atomic E-state index is 13.3. The standard InChI is InChI=1S/C59H117NO5/c1-4-7-10-13-16-19-22-25-27-29-31-33-36-39-42-45-48-51-57(62)56(54-61)60-58(63)53-55(50-47-44-41-38-35-24-21-18-15-12-9-6-3)65-59(64)52-49-46-43-40-37-34-32-30-28-26-23-20-17-14-11-8-5-2/h55-57,61-62H,4-54H2,1-3H3,(H,60,63). The quantitative estimate of drug-likeness (QED) is 0.0417.